The fourth-order valence-corrected chi connectivity index (χ4v) is 2.16. The first kappa shape index (κ1) is 20.2. The van der Waals surface area contributed by atoms with Crippen LogP contribution in [0, 0.1) is 5.92 Å². The third kappa shape index (κ3) is 8.55. The number of halogens is 1. The molecule has 1 heterocycles. The second kappa shape index (κ2) is 11.7. The molecule has 0 aromatic carbocycles. The molecule has 1 aliphatic rings. The molecule has 7 heteroatoms. The lowest BCUT2D eigenvalue weighted by Crippen LogP contribution is -2.40. The van der Waals surface area contributed by atoms with Crippen LogP contribution in [-0.2, 0) is 11.3 Å². The summed E-state index contributed by atoms with van der Waals surface area (Å²) >= 11 is 0. The van der Waals surface area contributed by atoms with Crippen molar-refractivity contribution in [1.29, 1.82) is 0 Å². The van der Waals surface area contributed by atoms with Crippen LogP contribution in [-0.4, -0.2) is 60.5 Å². The minimum Gasteiger partial charge on any atom is -0.379 e. The monoisotopic (exact) mass is 435 g/mol. The Morgan fingerprint density at radius 3 is 2.96 bits per heavy atom. The number of nitrogens with zero attached hydrogens (tertiary/aromatic N) is 4. The van der Waals surface area contributed by atoms with E-state index in [2.05, 4.69) is 34.3 Å². The van der Waals surface area contributed by atoms with Gasteiger partial charge in [-0.25, -0.2) is 0 Å². The van der Waals surface area contributed by atoms with Gasteiger partial charge < -0.3 is 15.0 Å². The van der Waals surface area contributed by atoms with Gasteiger partial charge in [0.05, 0.1) is 6.61 Å². The van der Waals surface area contributed by atoms with Gasteiger partial charge in [0.1, 0.15) is 0 Å². The molecule has 0 unspecified atom stereocenters. The van der Waals surface area contributed by atoms with Crippen LogP contribution >= 0.6 is 24.0 Å². The molecule has 0 aliphatic heterocycles. The molecule has 1 aromatic rings. The Labute approximate surface area is 156 Å². The fraction of sp³-hybridized carbons (Fsp3) is 0.750. The van der Waals surface area contributed by atoms with E-state index in [4.69, 9.17) is 4.74 Å². The Balaban J connectivity index is 0.00000264. The lowest BCUT2D eigenvalue weighted by Gasteiger charge is -2.22. The number of hydrogen-bond acceptors (Lipinski definition) is 3. The van der Waals surface area contributed by atoms with E-state index < -0.39 is 0 Å². The number of guanidine groups is 1. The normalized spacial score (nSPS) is 14.4. The van der Waals surface area contributed by atoms with Crippen molar-refractivity contribution < 1.29 is 4.74 Å². The molecule has 132 valence electrons. The van der Waals surface area contributed by atoms with E-state index in [0.717, 1.165) is 57.7 Å². The molecule has 1 aliphatic carbocycles. The minimum absolute atomic E-state index is 0. The highest BCUT2D eigenvalue weighted by atomic mass is 127. The summed E-state index contributed by atoms with van der Waals surface area (Å²) in [6, 6.07) is 1.95. The Hall–Kier alpha value is -0.830. The van der Waals surface area contributed by atoms with Gasteiger partial charge in [-0.3, -0.25) is 9.67 Å². The topological polar surface area (TPSA) is 54.7 Å². The van der Waals surface area contributed by atoms with Crippen LogP contribution in [0.4, 0.5) is 0 Å². The van der Waals surface area contributed by atoms with Crippen LogP contribution in [0.2, 0.25) is 0 Å². The summed E-state index contributed by atoms with van der Waals surface area (Å²) in [5.41, 5.74) is 0. The molecule has 1 fully saturated rings. The van der Waals surface area contributed by atoms with Gasteiger partial charge in [-0.15, -0.1) is 24.0 Å². The number of hydrogen-bond donors (Lipinski definition) is 1. The second-order valence-electron chi connectivity index (χ2n) is 5.80. The molecular formula is C16H30IN5O. The first-order valence-electron chi connectivity index (χ1n) is 8.34. The Bertz CT molecular complexity index is 434. The number of rotatable bonds is 10. The maximum atomic E-state index is 5.70. The highest BCUT2D eigenvalue weighted by Crippen LogP contribution is 2.28. The predicted octanol–water partition coefficient (Wildman–Crippen LogP) is 2.22. The number of nitrogens with one attached hydrogen (secondary N) is 1. The van der Waals surface area contributed by atoms with Gasteiger partial charge in [0, 0.05) is 52.2 Å². The molecule has 0 spiro atoms. The third-order valence-electron chi connectivity index (χ3n) is 3.68. The summed E-state index contributed by atoms with van der Waals surface area (Å²) in [4.78, 5) is 6.82. The number of aliphatic imine (C=N–C) groups is 1. The summed E-state index contributed by atoms with van der Waals surface area (Å²) < 4.78 is 7.64. The van der Waals surface area contributed by atoms with Crippen LogP contribution in [0.25, 0.3) is 0 Å². The van der Waals surface area contributed by atoms with Crippen molar-refractivity contribution in [3.63, 3.8) is 0 Å². The molecular weight excluding hydrogens is 405 g/mol. The summed E-state index contributed by atoms with van der Waals surface area (Å²) in [5, 5.41) is 7.54. The smallest absolute Gasteiger partial charge is 0.193 e. The third-order valence-corrected chi connectivity index (χ3v) is 3.68. The highest BCUT2D eigenvalue weighted by Gasteiger charge is 2.21. The van der Waals surface area contributed by atoms with Gasteiger partial charge in [0.15, 0.2) is 5.96 Å². The van der Waals surface area contributed by atoms with Crippen molar-refractivity contribution >= 4 is 29.9 Å². The van der Waals surface area contributed by atoms with E-state index >= 15 is 0 Å². The summed E-state index contributed by atoms with van der Waals surface area (Å²) in [6.07, 6.45) is 7.47. The highest BCUT2D eigenvalue weighted by molar-refractivity contribution is 14.0. The molecule has 1 aromatic heterocycles. The van der Waals surface area contributed by atoms with E-state index in [9.17, 15) is 0 Å². The van der Waals surface area contributed by atoms with Crippen LogP contribution in [0.15, 0.2) is 23.5 Å². The average Bonchev–Trinajstić information content (AvgIpc) is 3.20. The van der Waals surface area contributed by atoms with Crippen molar-refractivity contribution in [2.24, 2.45) is 10.9 Å². The quantitative estimate of drug-likeness (QED) is 0.265. The van der Waals surface area contributed by atoms with Crippen LogP contribution in [0.1, 0.15) is 26.2 Å². The van der Waals surface area contributed by atoms with Gasteiger partial charge in [-0.2, -0.15) is 5.10 Å². The van der Waals surface area contributed by atoms with Gasteiger partial charge >= 0.3 is 0 Å². The molecule has 1 N–H and O–H groups in total. The number of likely N-dealkylation sites (N-methyl/N-ethyl adjacent to an activating group) is 1. The summed E-state index contributed by atoms with van der Waals surface area (Å²) in [6.45, 7) is 7.25. The zero-order chi connectivity index (χ0) is 15.6. The number of aryl methyl sites for hydroxylation is 1. The largest absolute Gasteiger partial charge is 0.379 e. The molecule has 2 rings (SSSR count). The Morgan fingerprint density at radius 2 is 2.30 bits per heavy atom. The van der Waals surface area contributed by atoms with E-state index in [1.807, 2.05) is 23.1 Å². The molecule has 23 heavy (non-hydrogen) atoms. The first-order chi connectivity index (χ1) is 10.8. The molecule has 0 atom stereocenters. The van der Waals surface area contributed by atoms with Gasteiger partial charge in [-0.05, 0) is 38.2 Å². The number of ether oxygens (including phenoxy) is 1. The number of aromatic nitrogens is 2. The van der Waals surface area contributed by atoms with E-state index in [1.165, 1.54) is 12.8 Å². The predicted molar refractivity (Wildman–Crippen MR) is 104 cm³/mol. The molecule has 1 saturated carbocycles. The molecule has 0 radical (unpaired) electrons. The zero-order valence-electron chi connectivity index (χ0n) is 14.3. The fourth-order valence-electron chi connectivity index (χ4n) is 2.16. The maximum Gasteiger partial charge on any atom is 0.193 e. The standard InChI is InChI=1S/C16H29N5O.HI/c1-3-17-16(18-8-4-10-21-11-5-9-19-21)20(2)12-13-22-14-15-6-7-15;/h5,9,11,15H,3-4,6-8,10,12-14H2,1-2H3,(H,17,18);1H. The molecule has 0 saturated heterocycles. The summed E-state index contributed by atoms with van der Waals surface area (Å²) in [7, 11) is 2.06. The lowest BCUT2D eigenvalue weighted by molar-refractivity contribution is 0.115. The van der Waals surface area contributed by atoms with Crippen LogP contribution in [0.5, 0.6) is 0 Å². The SMILES string of the molecule is CCNC(=NCCCn1cccn1)N(C)CCOCC1CC1.I. The first-order valence-corrected chi connectivity index (χ1v) is 8.34. The van der Waals surface area contributed by atoms with E-state index in [1.54, 1.807) is 0 Å². The second-order valence-corrected chi connectivity index (χ2v) is 5.80. The van der Waals surface area contributed by atoms with Crippen molar-refractivity contribution in [2.45, 2.75) is 32.7 Å². The maximum absolute atomic E-state index is 5.70. The van der Waals surface area contributed by atoms with E-state index in [0.29, 0.717) is 0 Å². The van der Waals surface area contributed by atoms with Crippen LogP contribution in [0.3, 0.4) is 0 Å². The zero-order valence-corrected chi connectivity index (χ0v) is 16.6. The minimum atomic E-state index is 0. The molecule has 0 bridgehead atoms. The van der Waals surface area contributed by atoms with Crippen molar-refractivity contribution in [1.82, 2.24) is 20.0 Å². The Morgan fingerprint density at radius 1 is 1.48 bits per heavy atom. The van der Waals surface area contributed by atoms with Crippen molar-refractivity contribution in [3.05, 3.63) is 18.5 Å². The lowest BCUT2D eigenvalue weighted by atomic mass is 10.4. The Kier molecular flexibility index (Phi) is 10.3. The summed E-state index contributed by atoms with van der Waals surface area (Å²) in [5.74, 6) is 1.78. The van der Waals surface area contributed by atoms with Gasteiger partial charge in [0.25, 0.3) is 0 Å². The van der Waals surface area contributed by atoms with E-state index in [-0.39, 0.29) is 24.0 Å². The molecule has 0 amide bonds. The van der Waals surface area contributed by atoms with Crippen molar-refractivity contribution in [2.75, 3.05) is 39.9 Å². The average molecular weight is 435 g/mol. The van der Waals surface area contributed by atoms with Crippen LogP contribution < -0.4 is 5.32 Å². The van der Waals surface area contributed by atoms with Gasteiger partial charge in [-0.1, -0.05) is 0 Å². The molecule has 6 nitrogen and oxygen atoms in total. The van der Waals surface area contributed by atoms with Gasteiger partial charge in [0.2, 0.25) is 0 Å². The van der Waals surface area contributed by atoms with Crippen molar-refractivity contribution in [3.8, 4) is 0 Å².